The SMILES string of the molecule is CC(C)c1cc(C(C)C)c(S(=O)(=O)NC(c2ccccc2)C(c2ccccc2)C(CC(N)=O)C2=CCC=CC2)c(C(C)C)c1. The fourth-order valence-electron chi connectivity index (χ4n) is 6.39. The van der Waals surface area contributed by atoms with E-state index in [0.29, 0.717) is 11.3 Å². The number of hydrogen-bond donors (Lipinski definition) is 2. The van der Waals surface area contributed by atoms with Crippen molar-refractivity contribution in [3.8, 4) is 0 Å². The van der Waals surface area contributed by atoms with Crippen molar-refractivity contribution in [2.24, 2.45) is 11.7 Å². The Bertz CT molecular complexity index is 1560. The number of nitrogens with two attached hydrogens (primary N) is 1. The molecule has 1 aliphatic rings. The summed E-state index contributed by atoms with van der Waals surface area (Å²) in [7, 11) is -4.05. The molecule has 0 saturated carbocycles. The molecule has 44 heavy (non-hydrogen) atoms. The highest BCUT2D eigenvalue weighted by atomic mass is 32.2. The average Bonchev–Trinajstić information content (AvgIpc) is 3.00. The summed E-state index contributed by atoms with van der Waals surface area (Å²) in [6.45, 7) is 12.5. The standard InChI is InChI=1S/C38H48N2O3S/c1-25(2)31-22-32(26(3)4)38(33(23-31)27(5)6)44(42,43)40-37(30-20-14-9-15-21-30)36(29-18-12-8-13-19-29)34(24-35(39)41)28-16-10-7-11-17-28/h7-10,12-15,17-23,25-27,34,36-37,40H,11,16,24H2,1-6H3,(H2,39,41). The lowest BCUT2D eigenvalue weighted by molar-refractivity contribution is -0.118. The summed E-state index contributed by atoms with van der Waals surface area (Å²) >= 11 is 0. The second-order valence-electron chi connectivity index (χ2n) is 12.9. The number of sulfonamides is 1. The van der Waals surface area contributed by atoms with Gasteiger partial charge in [0.15, 0.2) is 0 Å². The third-order valence-electron chi connectivity index (χ3n) is 8.70. The second kappa shape index (κ2) is 14.5. The minimum absolute atomic E-state index is 0.000313. The maximum absolute atomic E-state index is 14.9. The van der Waals surface area contributed by atoms with Gasteiger partial charge < -0.3 is 5.73 Å². The molecule has 0 aliphatic heterocycles. The molecule has 6 heteroatoms. The molecule has 234 valence electrons. The van der Waals surface area contributed by atoms with Crippen molar-refractivity contribution < 1.29 is 13.2 Å². The van der Waals surface area contributed by atoms with Crippen LogP contribution in [-0.4, -0.2) is 14.3 Å². The molecule has 0 heterocycles. The summed E-state index contributed by atoms with van der Waals surface area (Å²) < 4.78 is 33.0. The van der Waals surface area contributed by atoms with Crippen LogP contribution in [0.5, 0.6) is 0 Å². The number of rotatable bonds is 13. The van der Waals surface area contributed by atoms with E-state index < -0.39 is 27.9 Å². The van der Waals surface area contributed by atoms with Crippen LogP contribution in [0.3, 0.4) is 0 Å². The molecular weight excluding hydrogens is 564 g/mol. The first-order valence-corrected chi connectivity index (χ1v) is 17.3. The average molecular weight is 613 g/mol. The summed E-state index contributed by atoms with van der Waals surface area (Å²) in [5.74, 6) is -0.834. The lowest BCUT2D eigenvalue weighted by atomic mass is 9.72. The maximum atomic E-state index is 14.9. The van der Waals surface area contributed by atoms with E-state index in [0.717, 1.165) is 39.8 Å². The van der Waals surface area contributed by atoms with E-state index in [4.69, 9.17) is 5.73 Å². The predicted octanol–water partition coefficient (Wildman–Crippen LogP) is 8.63. The Labute approximate surface area is 264 Å². The molecule has 3 N–H and O–H groups in total. The van der Waals surface area contributed by atoms with Gasteiger partial charge in [-0.3, -0.25) is 4.79 Å². The van der Waals surface area contributed by atoms with Crippen LogP contribution in [0.1, 0.15) is 118 Å². The number of primary amides is 1. The van der Waals surface area contributed by atoms with Crippen LogP contribution in [0.2, 0.25) is 0 Å². The molecule has 3 aromatic carbocycles. The molecule has 0 fully saturated rings. The predicted molar refractivity (Wildman–Crippen MR) is 181 cm³/mol. The van der Waals surface area contributed by atoms with E-state index in [2.05, 4.69) is 76.6 Å². The normalized spacial score (nSPS) is 15.8. The molecule has 3 aromatic rings. The van der Waals surface area contributed by atoms with E-state index in [-0.39, 0.29) is 30.1 Å². The molecule has 0 aromatic heterocycles. The number of amides is 1. The fourth-order valence-corrected chi connectivity index (χ4v) is 8.34. The van der Waals surface area contributed by atoms with Crippen LogP contribution in [0.4, 0.5) is 0 Å². The van der Waals surface area contributed by atoms with E-state index in [1.54, 1.807) is 0 Å². The minimum Gasteiger partial charge on any atom is -0.370 e. The van der Waals surface area contributed by atoms with Crippen LogP contribution < -0.4 is 10.5 Å². The van der Waals surface area contributed by atoms with Gasteiger partial charge >= 0.3 is 0 Å². The Hall–Kier alpha value is -3.48. The molecule has 5 nitrogen and oxygen atoms in total. The maximum Gasteiger partial charge on any atom is 0.241 e. The first-order valence-electron chi connectivity index (χ1n) is 15.8. The monoisotopic (exact) mass is 612 g/mol. The smallest absolute Gasteiger partial charge is 0.241 e. The molecule has 1 aliphatic carbocycles. The topological polar surface area (TPSA) is 89.3 Å². The summed E-state index contributed by atoms with van der Waals surface area (Å²) in [5, 5.41) is 0. The van der Waals surface area contributed by atoms with Crippen molar-refractivity contribution in [3.63, 3.8) is 0 Å². The lowest BCUT2D eigenvalue weighted by Gasteiger charge is -2.37. The summed E-state index contributed by atoms with van der Waals surface area (Å²) in [6, 6.07) is 23.1. The number of carbonyl (C=O) groups excluding carboxylic acids is 1. The van der Waals surface area contributed by atoms with Gasteiger partial charge in [0, 0.05) is 12.3 Å². The lowest BCUT2D eigenvalue weighted by Crippen LogP contribution is -2.38. The van der Waals surface area contributed by atoms with Gasteiger partial charge in [0.05, 0.1) is 10.9 Å². The van der Waals surface area contributed by atoms with Crippen molar-refractivity contribution in [1.82, 2.24) is 4.72 Å². The van der Waals surface area contributed by atoms with Crippen molar-refractivity contribution in [2.45, 2.75) is 95.4 Å². The van der Waals surface area contributed by atoms with Gasteiger partial charge in [0.25, 0.3) is 0 Å². The van der Waals surface area contributed by atoms with Gasteiger partial charge in [-0.05, 0) is 64.3 Å². The van der Waals surface area contributed by atoms with Gasteiger partial charge in [-0.25, -0.2) is 13.1 Å². The highest BCUT2D eigenvalue weighted by Crippen LogP contribution is 2.45. The van der Waals surface area contributed by atoms with E-state index in [1.165, 1.54) is 0 Å². The zero-order valence-corrected chi connectivity index (χ0v) is 27.8. The molecule has 3 atom stereocenters. The first kappa shape index (κ1) is 33.4. The number of hydrogen-bond acceptors (Lipinski definition) is 3. The van der Waals surface area contributed by atoms with Gasteiger partial charge in [0.2, 0.25) is 15.9 Å². The van der Waals surface area contributed by atoms with Crippen molar-refractivity contribution in [3.05, 3.63) is 124 Å². The molecule has 0 spiro atoms. The Balaban J connectivity index is 1.97. The van der Waals surface area contributed by atoms with Crippen molar-refractivity contribution >= 4 is 15.9 Å². The summed E-state index contributed by atoms with van der Waals surface area (Å²) in [5.41, 5.74) is 11.6. The molecular formula is C38H48N2O3S. The molecule has 0 saturated heterocycles. The minimum atomic E-state index is -4.05. The first-order chi connectivity index (χ1) is 20.9. The van der Waals surface area contributed by atoms with Gasteiger partial charge in [-0.2, -0.15) is 0 Å². The number of benzene rings is 3. The Morgan fingerprint density at radius 2 is 1.32 bits per heavy atom. The molecule has 0 bridgehead atoms. The second-order valence-corrected chi connectivity index (χ2v) is 14.6. The molecule has 3 unspecified atom stereocenters. The number of nitrogens with one attached hydrogen (secondary N) is 1. The number of carbonyl (C=O) groups is 1. The van der Waals surface area contributed by atoms with Gasteiger partial charge in [-0.1, -0.05) is 138 Å². The summed E-state index contributed by atoms with van der Waals surface area (Å²) in [4.78, 5) is 13.0. The quantitative estimate of drug-likeness (QED) is 0.189. The van der Waals surface area contributed by atoms with Gasteiger partial charge in [-0.15, -0.1) is 0 Å². The highest BCUT2D eigenvalue weighted by molar-refractivity contribution is 7.89. The Kier molecular flexibility index (Phi) is 11.0. The number of allylic oxidation sites excluding steroid dienone is 4. The van der Waals surface area contributed by atoms with E-state index >= 15 is 0 Å². The summed E-state index contributed by atoms with van der Waals surface area (Å²) in [6.07, 6.45) is 7.97. The van der Waals surface area contributed by atoms with Crippen LogP contribution in [0.25, 0.3) is 0 Å². The molecule has 0 radical (unpaired) electrons. The van der Waals surface area contributed by atoms with E-state index in [9.17, 15) is 13.2 Å². The van der Waals surface area contributed by atoms with Crippen LogP contribution >= 0.6 is 0 Å². The highest BCUT2D eigenvalue weighted by Gasteiger charge is 2.39. The fraction of sp³-hybridized carbons (Fsp3) is 0.395. The van der Waals surface area contributed by atoms with Gasteiger partial charge in [0.1, 0.15) is 0 Å². The van der Waals surface area contributed by atoms with E-state index in [1.807, 2.05) is 60.7 Å². The van der Waals surface area contributed by atoms with Crippen LogP contribution in [0, 0.1) is 5.92 Å². The van der Waals surface area contributed by atoms with Crippen LogP contribution in [0.15, 0.2) is 101 Å². The zero-order valence-electron chi connectivity index (χ0n) is 27.0. The third kappa shape index (κ3) is 7.77. The molecule has 4 rings (SSSR count). The van der Waals surface area contributed by atoms with Crippen molar-refractivity contribution in [1.29, 1.82) is 0 Å². The Morgan fingerprint density at radius 3 is 1.77 bits per heavy atom. The molecule has 1 amide bonds. The Morgan fingerprint density at radius 1 is 0.773 bits per heavy atom. The third-order valence-corrected chi connectivity index (χ3v) is 10.3. The van der Waals surface area contributed by atoms with Crippen LogP contribution in [-0.2, 0) is 14.8 Å². The zero-order chi connectivity index (χ0) is 32.0. The van der Waals surface area contributed by atoms with Crippen molar-refractivity contribution in [2.75, 3.05) is 0 Å². The largest absolute Gasteiger partial charge is 0.370 e.